The summed E-state index contributed by atoms with van der Waals surface area (Å²) >= 11 is 0. The van der Waals surface area contributed by atoms with Crippen molar-refractivity contribution in [1.29, 1.82) is 0 Å². The predicted octanol–water partition coefficient (Wildman–Crippen LogP) is -10.4. The van der Waals surface area contributed by atoms with Crippen molar-refractivity contribution < 1.29 is 149 Å². The van der Waals surface area contributed by atoms with Crippen LogP contribution in [-0.4, -0.2) is 160 Å². The molecule has 0 aromatic carbocycles. The Morgan fingerprint density at radius 2 is 0.886 bits per heavy atom. The minimum absolute atomic E-state index is 0. The number of aliphatic carboxylic acids is 6. The molecule has 0 aliphatic carbocycles. The molecule has 0 saturated heterocycles. The van der Waals surface area contributed by atoms with E-state index in [9.17, 15) is 33.6 Å². The third-order valence-electron chi connectivity index (χ3n) is 3.99. The summed E-state index contributed by atoms with van der Waals surface area (Å²) < 4.78 is 8.77. The first-order valence-electron chi connectivity index (χ1n) is 10.4. The molecule has 0 unspecified atom stereocenters. The quantitative estimate of drug-likeness (QED) is 0.0432. The fourth-order valence-corrected chi connectivity index (χ4v) is 2.05. The Balaban J connectivity index is -0.000000159. The minimum atomic E-state index is -4.89. The van der Waals surface area contributed by atoms with E-state index >= 15 is 0 Å². The number of carboxylic acid groups (broad SMARTS) is 6. The van der Waals surface area contributed by atoms with Crippen LogP contribution < -0.4 is 34.5 Å². The summed E-state index contributed by atoms with van der Waals surface area (Å²) in [6.45, 7) is -0.760. The van der Waals surface area contributed by atoms with Gasteiger partial charge >= 0.3 is 65.4 Å². The average Bonchev–Trinajstić information content (AvgIpc) is 2.79. The van der Waals surface area contributed by atoms with E-state index in [4.69, 9.17) is 85.6 Å². The number of aliphatic hydroxyl groups is 7. The van der Waals surface area contributed by atoms with Crippen LogP contribution in [-0.2, 0) is 38.1 Å². The van der Waals surface area contributed by atoms with E-state index in [0.29, 0.717) is 0 Å². The molecule has 0 saturated carbocycles. The first kappa shape index (κ1) is 50.9. The van der Waals surface area contributed by atoms with E-state index in [1.807, 2.05) is 0 Å². The molecule has 0 amide bonds. The number of rotatable bonds is 15. The Labute approximate surface area is 266 Å². The van der Waals surface area contributed by atoms with Gasteiger partial charge in [-0.25, -0.2) is 9.59 Å². The third kappa shape index (κ3) is 28.1. The zero-order valence-electron chi connectivity index (χ0n) is 22.3. The summed E-state index contributed by atoms with van der Waals surface area (Å²) in [5, 5.41) is 111. The molecule has 252 valence electrons. The van der Waals surface area contributed by atoms with Gasteiger partial charge < -0.3 is 85.9 Å². The van der Waals surface area contributed by atoms with Gasteiger partial charge in [0.1, 0.15) is 24.4 Å². The molecule has 24 nitrogen and oxygen atoms in total. The molecule has 0 aromatic heterocycles. The Morgan fingerprint density at radius 3 is 1.02 bits per heavy atom. The fraction of sp³-hybridized carbons (Fsp3) is 0.611. The van der Waals surface area contributed by atoms with Crippen LogP contribution in [0.4, 0.5) is 0 Å². The maximum absolute atomic E-state index is 10.3. The minimum Gasteiger partial charge on any atom is -0.756 e. The molecular weight excluding hydrogens is 654 g/mol. The molecule has 0 heterocycles. The number of hydrogen-bond acceptors (Lipinski definition) is 16. The fourth-order valence-electron chi connectivity index (χ4n) is 2.05. The van der Waals surface area contributed by atoms with Gasteiger partial charge in [0, 0.05) is 0 Å². The Bertz CT molecular complexity index is 901. The van der Waals surface area contributed by atoms with Crippen molar-refractivity contribution in [2.45, 2.75) is 61.3 Å². The van der Waals surface area contributed by atoms with Crippen LogP contribution in [0, 0.1) is 0 Å². The first-order chi connectivity index (χ1) is 19.1. The second-order valence-corrected chi connectivity index (χ2v) is 8.79. The molecule has 0 aliphatic heterocycles. The van der Waals surface area contributed by atoms with Crippen LogP contribution in [0.5, 0.6) is 0 Å². The topological polar surface area (TPSA) is 463 Å². The molecule has 0 radical (unpaired) electrons. The zero-order chi connectivity index (χ0) is 35.5. The van der Waals surface area contributed by atoms with Crippen molar-refractivity contribution >= 4 is 49.9 Å². The van der Waals surface area contributed by atoms with E-state index in [1.54, 1.807) is 0 Å². The Hall–Kier alpha value is -2.68. The molecule has 0 bridgehead atoms. The molecule has 0 aromatic rings. The zero-order valence-corrected chi connectivity index (χ0v) is 25.1. The molecule has 44 heavy (non-hydrogen) atoms. The van der Waals surface area contributed by atoms with E-state index in [2.05, 4.69) is 0 Å². The predicted molar refractivity (Wildman–Crippen MR) is 123 cm³/mol. The van der Waals surface area contributed by atoms with Gasteiger partial charge in [-0.1, -0.05) is 0 Å². The summed E-state index contributed by atoms with van der Waals surface area (Å²) in [6.07, 6.45) is -11.4. The van der Waals surface area contributed by atoms with Crippen molar-refractivity contribution in [3.05, 3.63) is 0 Å². The number of phosphoric acid groups is 1. The maximum atomic E-state index is 10.3. The van der Waals surface area contributed by atoms with E-state index in [-0.39, 0.29) is 35.8 Å². The third-order valence-corrected chi connectivity index (χ3v) is 3.99. The molecule has 0 fully saturated rings. The Morgan fingerprint density at radius 1 is 0.659 bits per heavy atom. The van der Waals surface area contributed by atoms with Gasteiger partial charge in [0.05, 0.1) is 32.3 Å². The molecule has 15 N–H and O–H groups in total. The molecule has 0 spiro atoms. The van der Waals surface area contributed by atoms with E-state index in [1.165, 1.54) is 0 Å². The smallest absolute Gasteiger partial charge is 0.756 e. The average molecular weight is 684 g/mol. The van der Waals surface area contributed by atoms with Crippen LogP contribution in [0.3, 0.4) is 0 Å². The van der Waals surface area contributed by atoms with Crippen LogP contribution >= 0.6 is 7.82 Å². The van der Waals surface area contributed by atoms with E-state index < -0.39 is 112 Å². The monoisotopic (exact) mass is 684 g/mol. The SMILES string of the molecule is O=C(O)CC(O)(CC(=O)O)C(=O)O.O=C(O)CC(O)(CC(=O)O)C(=O)O.O=C[C@H](O)[C@@H](O)[C@H](O)[C@H](O)CO.O=P([O-])(O)O.[Na+]. The molecule has 0 rings (SSSR count). The number of carboxylic acids is 6. The molecule has 26 heteroatoms. The number of carbonyl (C=O) groups excluding carboxylic acids is 1. The van der Waals surface area contributed by atoms with Crippen LogP contribution in [0.15, 0.2) is 0 Å². The van der Waals surface area contributed by atoms with Crippen molar-refractivity contribution in [2.75, 3.05) is 6.61 Å². The summed E-state index contributed by atoms with van der Waals surface area (Å²) in [7, 11) is -4.89. The first-order valence-corrected chi connectivity index (χ1v) is 12.0. The van der Waals surface area contributed by atoms with Gasteiger partial charge in [-0.3, -0.25) is 23.7 Å². The van der Waals surface area contributed by atoms with Crippen LogP contribution in [0.2, 0.25) is 0 Å². The van der Waals surface area contributed by atoms with Gasteiger partial charge in [-0.2, -0.15) is 0 Å². The summed E-state index contributed by atoms with van der Waals surface area (Å²) in [5.41, 5.74) is -5.48. The van der Waals surface area contributed by atoms with Crippen molar-refractivity contribution in [3.63, 3.8) is 0 Å². The van der Waals surface area contributed by atoms with Crippen LogP contribution in [0.1, 0.15) is 25.7 Å². The summed E-state index contributed by atoms with van der Waals surface area (Å²) in [4.78, 5) is 93.8. The number of hydrogen-bond donors (Lipinski definition) is 15. The van der Waals surface area contributed by atoms with Gasteiger partial charge in [-0.05, 0) is 0 Å². The van der Waals surface area contributed by atoms with Gasteiger partial charge in [0.25, 0.3) is 7.82 Å². The second-order valence-electron chi connectivity index (χ2n) is 7.80. The number of aliphatic hydroxyl groups excluding tert-OH is 5. The van der Waals surface area contributed by atoms with Crippen molar-refractivity contribution in [3.8, 4) is 0 Å². The normalized spacial score (nSPS) is 13.5. The van der Waals surface area contributed by atoms with Gasteiger partial charge in [-0.15, -0.1) is 0 Å². The largest absolute Gasteiger partial charge is 1.00 e. The molecule has 0 aliphatic rings. The number of aldehydes is 1. The van der Waals surface area contributed by atoms with Gasteiger partial charge in [0.15, 0.2) is 17.5 Å². The second kappa shape index (κ2) is 23.7. The molecule has 4 atom stereocenters. The van der Waals surface area contributed by atoms with E-state index in [0.717, 1.165) is 0 Å². The van der Waals surface area contributed by atoms with Gasteiger partial charge in [0.2, 0.25) is 0 Å². The number of carbonyl (C=O) groups is 7. The Kier molecular flexibility index (Phi) is 27.4. The summed E-state index contributed by atoms with van der Waals surface area (Å²) in [5.74, 6) is -10.0. The summed E-state index contributed by atoms with van der Waals surface area (Å²) in [6, 6.07) is 0. The van der Waals surface area contributed by atoms with Crippen LogP contribution in [0.25, 0.3) is 0 Å². The van der Waals surface area contributed by atoms with Crippen molar-refractivity contribution in [2.24, 2.45) is 0 Å². The maximum Gasteiger partial charge on any atom is 1.00 e. The standard InChI is InChI=1S/2C6H8O7.C6H12O6.Na.H3O4P/c2*7-3(8)1-6(13,5(11)12)2-4(9)10;7-1-3(9)5(11)6(12)4(10)2-8;;1-5(2,3)4/h2*13H,1-2H2,(H,7,8)(H,9,10)(H,11,12);1,3-6,8-12H,2H2;;(H3,1,2,3,4)/q;;;+1;/p-1/t;;3-,4+,5+,6+;;/m..0../s1. The van der Waals surface area contributed by atoms with Crippen molar-refractivity contribution in [1.82, 2.24) is 0 Å². The molecular formula is C18H30NaO24P.